The number of benzene rings is 2. The number of hydrogen-bond donors (Lipinski definition) is 0. The zero-order chi connectivity index (χ0) is 29.1. The van der Waals surface area contributed by atoms with Crippen LogP contribution in [0.4, 0.5) is 8.78 Å². The van der Waals surface area contributed by atoms with Crippen molar-refractivity contribution in [2.24, 2.45) is 7.05 Å². The number of carbonyl (C=O) groups excluding carboxylic acids is 1. The van der Waals surface area contributed by atoms with Crippen molar-refractivity contribution < 1.29 is 13.6 Å². The van der Waals surface area contributed by atoms with Crippen LogP contribution in [0.15, 0.2) is 47.3 Å². The van der Waals surface area contributed by atoms with E-state index in [0.29, 0.717) is 37.5 Å². The summed E-state index contributed by atoms with van der Waals surface area (Å²) >= 11 is 6.09. The van der Waals surface area contributed by atoms with Crippen LogP contribution < -0.4 is 5.56 Å². The largest absolute Gasteiger partial charge is 0.338 e. The number of piperidine rings is 1. The van der Waals surface area contributed by atoms with Crippen LogP contribution in [0.2, 0.25) is 5.02 Å². The lowest BCUT2D eigenvalue weighted by molar-refractivity contribution is 0.0599. The number of halogens is 3. The highest BCUT2D eigenvalue weighted by molar-refractivity contribution is 6.30. The van der Waals surface area contributed by atoms with Crippen molar-refractivity contribution in [3.8, 4) is 0 Å². The third kappa shape index (κ3) is 6.44. The van der Waals surface area contributed by atoms with Gasteiger partial charge >= 0.3 is 0 Å². The Morgan fingerprint density at radius 2 is 1.61 bits per heavy atom. The molecule has 2 aliphatic rings. The molecule has 1 aliphatic carbocycles. The van der Waals surface area contributed by atoms with Crippen molar-refractivity contribution in [2.75, 3.05) is 19.6 Å². The SMILES string of the molecule is Cc1c(CN(CCc2ccc(Cl)cc2)C2CCN(C(=O)c3c(F)cccc3F)CC2)c(=O)n(C2CCCCC2)n1C. The van der Waals surface area contributed by atoms with Gasteiger partial charge in [-0.3, -0.25) is 19.2 Å². The average Bonchev–Trinajstić information content (AvgIpc) is 3.19. The molecule has 5 rings (SSSR count). The molecule has 3 aromatic rings. The summed E-state index contributed by atoms with van der Waals surface area (Å²) in [5.74, 6) is -2.29. The van der Waals surface area contributed by atoms with Crippen molar-refractivity contribution in [1.82, 2.24) is 19.2 Å². The number of rotatable bonds is 8. The highest BCUT2D eigenvalue weighted by atomic mass is 35.5. The molecule has 0 spiro atoms. The van der Waals surface area contributed by atoms with Crippen LogP contribution in [0.5, 0.6) is 0 Å². The molecule has 0 radical (unpaired) electrons. The summed E-state index contributed by atoms with van der Waals surface area (Å²) in [5, 5.41) is 0.692. The molecule has 1 amide bonds. The molecule has 1 saturated heterocycles. The van der Waals surface area contributed by atoms with E-state index in [-0.39, 0.29) is 17.6 Å². The number of aromatic nitrogens is 2. The fourth-order valence-electron chi connectivity index (χ4n) is 6.52. The van der Waals surface area contributed by atoms with E-state index in [9.17, 15) is 18.4 Å². The molecule has 1 saturated carbocycles. The molecule has 1 aromatic heterocycles. The maximum atomic E-state index is 14.3. The van der Waals surface area contributed by atoms with E-state index < -0.39 is 23.1 Å². The van der Waals surface area contributed by atoms with Gasteiger partial charge in [-0.1, -0.05) is 49.1 Å². The Morgan fingerprint density at radius 1 is 0.976 bits per heavy atom. The lowest BCUT2D eigenvalue weighted by Crippen LogP contribution is -2.47. The highest BCUT2D eigenvalue weighted by Crippen LogP contribution is 2.29. The maximum absolute atomic E-state index is 14.3. The number of carbonyl (C=O) groups is 1. The molecule has 220 valence electrons. The first-order chi connectivity index (χ1) is 19.7. The molecule has 2 fully saturated rings. The Morgan fingerprint density at radius 3 is 2.24 bits per heavy atom. The minimum Gasteiger partial charge on any atom is -0.338 e. The van der Waals surface area contributed by atoms with E-state index in [2.05, 4.69) is 4.90 Å². The molecule has 0 atom stereocenters. The minimum absolute atomic E-state index is 0.0936. The molecular formula is C32H39ClF2N4O2. The second-order valence-corrected chi connectivity index (χ2v) is 11.9. The van der Waals surface area contributed by atoms with Crippen LogP contribution in [-0.2, 0) is 20.0 Å². The molecule has 2 aromatic carbocycles. The quantitative estimate of drug-likeness (QED) is 0.313. The maximum Gasteiger partial charge on any atom is 0.271 e. The summed E-state index contributed by atoms with van der Waals surface area (Å²) < 4.78 is 32.6. The van der Waals surface area contributed by atoms with Crippen molar-refractivity contribution in [3.05, 3.63) is 91.9 Å². The summed E-state index contributed by atoms with van der Waals surface area (Å²) in [6, 6.07) is 11.7. The summed E-state index contributed by atoms with van der Waals surface area (Å²) in [6.07, 6.45) is 7.70. The molecule has 0 N–H and O–H groups in total. The normalized spacial score (nSPS) is 17.0. The summed E-state index contributed by atoms with van der Waals surface area (Å²) in [6.45, 7) is 4.08. The monoisotopic (exact) mass is 584 g/mol. The van der Waals surface area contributed by atoms with Gasteiger partial charge in [0.15, 0.2) is 0 Å². The van der Waals surface area contributed by atoms with Gasteiger partial charge in [-0.05, 0) is 68.9 Å². The Labute approximate surface area is 245 Å². The molecule has 2 heterocycles. The van der Waals surface area contributed by atoms with Crippen LogP contribution in [0, 0.1) is 18.6 Å². The number of nitrogens with zero attached hydrogens (tertiary/aromatic N) is 4. The van der Waals surface area contributed by atoms with E-state index in [4.69, 9.17) is 11.6 Å². The second kappa shape index (κ2) is 12.9. The fourth-order valence-corrected chi connectivity index (χ4v) is 6.64. The van der Waals surface area contributed by atoms with Gasteiger partial charge in [0.1, 0.15) is 17.2 Å². The predicted octanol–water partition coefficient (Wildman–Crippen LogP) is 6.28. The van der Waals surface area contributed by atoms with Gasteiger partial charge in [-0.2, -0.15) is 0 Å². The molecular weight excluding hydrogens is 546 g/mol. The van der Waals surface area contributed by atoms with E-state index in [0.717, 1.165) is 67.6 Å². The molecule has 1 aliphatic heterocycles. The third-order valence-electron chi connectivity index (χ3n) is 9.04. The second-order valence-electron chi connectivity index (χ2n) is 11.5. The molecule has 0 bridgehead atoms. The Hall–Kier alpha value is -2.97. The first kappa shape index (κ1) is 29.5. The van der Waals surface area contributed by atoms with Gasteiger partial charge in [-0.15, -0.1) is 0 Å². The van der Waals surface area contributed by atoms with E-state index >= 15 is 0 Å². The van der Waals surface area contributed by atoms with Crippen molar-refractivity contribution in [1.29, 1.82) is 0 Å². The van der Waals surface area contributed by atoms with Crippen molar-refractivity contribution in [2.45, 2.75) is 76.9 Å². The number of hydrogen-bond acceptors (Lipinski definition) is 3. The molecule has 41 heavy (non-hydrogen) atoms. The van der Waals surface area contributed by atoms with Crippen molar-refractivity contribution >= 4 is 17.5 Å². The van der Waals surface area contributed by atoms with Gasteiger partial charge in [0, 0.05) is 50.0 Å². The Balaban J connectivity index is 1.35. The minimum atomic E-state index is -0.837. The van der Waals surface area contributed by atoms with Crippen LogP contribution in [-0.4, -0.2) is 50.7 Å². The van der Waals surface area contributed by atoms with Crippen LogP contribution in [0.3, 0.4) is 0 Å². The first-order valence-corrected chi connectivity index (χ1v) is 15.1. The van der Waals surface area contributed by atoms with Gasteiger partial charge in [-0.25, -0.2) is 13.5 Å². The van der Waals surface area contributed by atoms with E-state index in [1.165, 1.54) is 12.5 Å². The van der Waals surface area contributed by atoms with Crippen molar-refractivity contribution in [3.63, 3.8) is 0 Å². The third-order valence-corrected chi connectivity index (χ3v) is 9.29. The Bertz CT molecular complexity index is 1400. The van der Waals surface area contributed by atoms with Gasteiger partial charge in [0.25, 0.3) is 11.5 Å². The smallest absolute Gasteiger partial charge is 0.271 e. The summed E-state index contributed by atoms with van der Waals surface area (Å²) in [4.78, 5) is 30.7. The van der Waals surface area contributed by atoms with E-state index in [1.54, 1.807) is 4.90 Å². The lowest BCUT2D eigenvalue weighted by Gasteiger charge is -2.38. The summed E-state index contributed by atoms with van der Waals surface area (Å²) in [5.41, 5.74) is 2.57. The Kier molecular flexibility index (Phi) is 9.29. The lowest BCUT2D eigenvalue weighted by atomic mass is 9.96. The number of likely N-dealkylation sites (tertiary alicyclic amines) is 1. The number of amides is 1. The standard InChI is InChI=1S/C32H39ClF2N4O2/c1-22-27(31(40)39(36(22)2)26-7-4-3-5-8-26)21-38(18-15-23-11-13-24(33)14-12-23)25-16-19-37(20-17-25)32(41)30-28(34)9-6-10-29(30)35/h6,9-14,25-26H,3-5,7-8,15-21H2,1-2H3. The van der Waals surface area contributed by atoms with Gasteiger partial charge in [0.2, 0.25) is 0 Å². The molecule has 0 unspecified atom stereocenters. The zero-order valence-corrected chi connectivity index (χ0v) is 24.7. The fraction of sp³-hybridized carbons (Fsp3) is 0.500. The van der Waals surface area contributed by atoms with E-state index in [1.807, 2.05) is 47.6 Å². The topological polar surface area (TPSA) is 50.5 Å². The zero-order valence-electron chi connectivity index (χ0n) is 23.9. The first-order valence-electron chi connectivity index (χ1n) is 14.7. The van der Waals surface area contributed by atoms with Crippen LogP contribution in [0.25, 0.3) is 0 Å². The average molecular weight is 585 g/mol. The van der Waals surface area contributed by atoms with Gasteiger partial charge < -0.3 is 4.90 Å². The van der Waals surface area contributed by atoms with Crippen LogP contribution in [0.1, 0.15) is 78.2 Å². The van der Waals surface area contributed by atoms with Gasteiger partial charge in [0.05, 0.1) is 11.6 Å². The molecule has 6 nitrogen and oxygen atoms in total. The highest BCUT2D eigenvalue weighted by Gasteiger charge is 2.31. The van der Waals surface area contributed by atoms with Crippen LogP contribution >= 0.6 is 11.6 Å². The predicted molar refractivity (Wildman–Crippen MR) is 157 cm³/mol. The summed E-state index contributed by atoms with van der Waals surface area (Å²) in [7, 11) is 1.98. The molecule has 9 heteroatoms.